The molecule has 0 aliphatic heterocycles. The zero-order chi connectivity index (χ0) is 38.9. The highest BCUT2D eigenvalue weighted by Gasteiger charge is 2.28. The van der Waals surface area contributed by atoms with Crippen molar-refractivity contribution in [1.29, 1.82) is 0 Å². The van der Waals surface area contributed by atoms with Crippen molar-refractivity contribution in [2.45, 2.75) is 0 Å². The lowest BCUT2D eigenvalue weighted by molar-refractivity contribution is 0.669. The fourth-order valence-corrected chi connectivity index (χ4v) is 9.28. The van der Waals surface area contributed by atoms with Crippen LogP contribution in [0, 0.1) is 0 Å². The van der Waals surface area contributed by atoms with E-state index < -0.39 is 0 Å². The molecule has 0 radical (unpaired) electrons. The maximum Gasteiger partial charge on any atom is 0.143 e. The molecular weight excluding hydrogens is 719 g/mol. The van der Waals surface area contributed by atoms with Gasteiger partial charge in [-0.05, 0) is 63.2 Å². The van der Waals surface area contributed by atoms with Gasteiger partial charge < -0.3 is 13.7 Å². The predicted molar refractivity (Wildman–Crippen MR) is 247 cm³/mol. The summed E-state index contributed by atoms with van der Waals surface area (Å²) in [6, 6.07) is 75.8. The van der Waals surface area contributed by atoms with E-state index >= 15 is 0 Å². The molecule has 3 nitrogen and oxygen atoms in total. The van der Waals surface area contributed by atoms with E-state index in [1.54, 1.807) is 0 Å². The van der Waals surface area contributed by atoms with Gasteiger partial charge in [-0.15, -0.1) is 0 Å². The normalized spacial score (nSPS) is 11.7. The molecular formula is C56H35NO2. The van der Waals surface area contributed by atoms with Crippen molar-refractivity contribution in [2.75, 3.05) is 4.90 Å². The van der Waals surface area contributed by atoms with Crippen LogP contribution in [0.2, 0.25) is 0 Å². The molecule has 59 heavy (non-hydrogen) atoms. The molecule has 0 saturated heterocycles. The summed E-state index contributed by atoms with van der Waals surface area (Å²) >= 11 is 0. The van der Waals surface area contributed by atoms with Crippen LogP contribution in [0.5, 0.6) is 0 Å². The van der Waals surface area contributed by atoms with Crippen LogP contribution in [0.3, 0.4) is 0 Å². The molecule has 12 rings (SSSR count). The molecule has 2 aromatic heterocycles. The van der Waals surface area contributed by atoms with E-state index in [4.69, 9.17) is 8.83 Å². The SMILES string of the molecule is c1ccc(-c2ccc(-c3c(N(c4ccccc4-c4cccc5c4oc4ccccc45)c4cccc5oc6ccccc6c45)c4ccccc4c4ccccc34)cc2)cc1. The summed E-state index contributed by atoms with van der Waals surface area (Å²) in [6.45, 7) is 0. The first-order valence-corrected chi connectivity index (χ1v) is 20.1. The third kappa shape index (κ3) is 5.22. The van der Waals surface area contributed by atoms with Gasteiger partial charge in [0.2, 0.25) is 0 Å². The highest BCUT2D eigenvalue weighted by Crippen LogP contribution is 2.54. The third-order valence-corrected chi connectivity index (χ3v) is 11.9. The smallest absolute Gasteiger partial charge is 0.143 e. The van der Waals surface area contributed by atoms with E-state index in [9.17, 15) is 0 Å². The number of hydrogen-bond acceptors (Lipinski definition) is 3. The molecule has 276 valence electrons. The topological polar surface area (TPSA) is 29.5 Å². The zero-order valence-corrected chi connectivity index (χ0v) is 32.0. The Labute approximate surface area is 340 Å². The van der Waals surface area contributed by atoms with Crippen LogP contribution in [0.4, 0.5) is 17.1 Å². The minimum absolute atomic E-state index is 0.837. The lowest BCUT2D eigenvalue weighted by Crippen LogP contribution is -2.14. The lowest BCUT2D eigenvalue weighted by Gasteiger charge is -2.32. The van der Waals surface area contributed by atoms with Crippen molar-refractivity contribution in [3.05, 3.63) is 212 Å². The quantitative estimate of drug-likeness (QED) is 0.158. The predicted octanol–water partition coefficient (Wildman–Crippen LogP) is 16.3. The standard InChI is InChI=1S/C56H35NO2/c1-2-16-36(17-3-1)37-32-34-38(35-33-37)53-43-22-6-4-18-39(43)40-19-5-7-23-44(40)55(53)57(49-28-15-31-52-54(49)47-24-10-13-30-51(47)58-52)48-27-11-8-20-41(48)45-25-14-26-46-42-21-9-12-29-50(42)59-56(45)46/h1-35H. The summed E-state index contributed by atoms with van der Waals surface area (Å²) in [5, 5.41) is 9.05. The van der Waals surface area contributed by atoms with Crippen LogP contribution < -0.4 is 4.90 Å². The number of rotatable bonds is 6. The Morgan fingerprint density at radius 2 is 0.797 bits per heavy atom. The Kier molecular flexibility index (Phi) is 7.54. The molecule has 0 saturated carbocycles. The Morgan fingerprint density at radius 1 is 0.288 bits per heavy atom. The van der Waals surface area contributed by atoms with E-state index in [0.717, 1.165) is 88.6 Å². The molecule has 3 heteroatoms. The van der Waals surface area contributed by atoms with Crippen LogP contribution in [0.15, 0.2) is 221 Å². The number of hydrogen-bond donors (Lipinski definition) is 0. The molecule has 0 spiro atoms. The molecule has 0 amide bonds. The fraction of sp³-hybridized carbons (Fsp3) is 0. The average Bonchev–Trinajstić information content (AvgIpc) is 3.89. The maximum atomic E-state index is 6.73. The van der Waals surface area contributed by atoms with Crippen molar-refractivity contribution < 1.29 is 8.83 Å². The van der Waals surface area contributed by atoms with Crippen molar-refractivity contribution in [1.82, 2.24) is 0 Å². The van der Waals surface area contributed by atoms with Crippen molar-refractivity contribution in [2.24, 2.45) is 0 Å². The molecule has 0 fully saturated rings. The van der Waals surface area contributed by atoms with Gasteiger partial charge in [0.05, 0.1) is 22.4 Å². The first-order chi connectivity index (χ1) is 29.3. The van der Waals surface area contributed by atoms with E-state index in [1.165, 1.54) is 27.3 Å². The molecule has 12 aromatic rings. The summed E-state index contributed by atoms with van der Waals surface area (Å²) in [4.78, 5) is 2.50. The van der Waals surface area contributed by atoms with Crippen LogP contribution in [-0.4, -0.2) is 0 Å². The van der Waals surface area contributed by atoms with E-state index in [0.29, 0.717) is 0 Å². The van der Waals surface area contributed by atoms with E-state index in [2.05, 4.69) is 205 Å². The molecule has 0 aliphatic carbocycles. The Hall–Kier alpha value is -7.88. The minimum Gasteiger partial charge on any atom is -0.456 e. The van der Waals surface area contributed by atoms with Crippen LogP contribution in [-0.2, 0) is 0 Å². The summed E-state index contributed by atoms with van der Waals surface area (Å²) in [5.41, 5.74) is 13.3. The van der Waals surface area contributed by atoms with Gasteiger partial charge in [0.1, 0.15) is 22.3 Å². The van der Waals surface area contributed by atoms with Crippen molar-refractivity contribution in [3.8, 4) is 33.4 Å². The number of para-hydroxylation sites is 4. The van der Waals surface area contributed by atoms with Crippen LogP contribution in [0.1, 0.15) is 0 Å². The highest BCUT2D eigenvalue weighted by atomic mass is 16.3. The second-order valence-electron chi connectivity index (χ2n) is 15.1. The summed E-state index contributed by atoms with van der Waals surface area (Å²) in [6.07, 6.45) is 0. The van der Waals surface area contributed by atoms with Gasteiger partial charge in [-0.25, -0.2) is 0 Å². The van der Waals surface area contributed by atoms with E-state index in [-0.39, 0.29) is 0 Å². The molecule has 0 unspecified atom stereocenters. The van der Waals surface area contributed by atoms with Crippen LogP contribution in [0.25, 0.3) is 98.8 Å². The van der Waals surface area contributed by atoms with Gasteiger partial charge in [0.15, 0.2) is 0 Å². The molecule has 2 heterocycles. The van der Waals surface area contributed by atoms with Crippen molar-refractivity contribution >= 4 is 82.5 Å². The number of anilines is 3. The Morgan fingerprint density at radius 3 is 1.59 bits per heavy atom. The number of furan rings is 2. The number of benzene rings is 10. The van der Waals surface area contributed by atoms with Crippen molar-refractivity contribution in [3.63, 3.8) is 0 Å². The molecule has 0 N–H and O–H groups in total. The summed E-state index contributed by atoms with van der Waals surface area (Å²) in [5.74, 6) is 0. The Bertz CT molecular complexity index is 3560. The monoisotopic (exact) mass is 753 g/mol. The van der Waals surface area contributed by atoms with Gasteiger partial charge in [-0.2, -0.15) is 0 Å². The number of nitrogens with zero attached hydrogens (tertiary/aromatic N) is 1. The zero-order valence-electron chi connectivity index (χ0n) is 32.0. The van der Waals surface area contributed by atoms with Gasteiger partial charge in [-0.1, -0.05) is 182 Å². The fourth-order valence-electron chi connectivity index (χ4n) is 9.28. The highest BCUT2D eigenvalue weighted by molar-refractivity contribution is 6.25. The van der Waals surface area contributed by atoms with E-state index in [1.807, 2.05) is 12.1 Å². The summed E-state index contributed by atoms with van der Waals surface area (Å²) < 4.78 is 13.3. The second kappa shape index (κ2) is 13.4. The first-order valence-electron chi connectivity index (χ1n) is 20.1. The maximum absolute atomic E-state index is 6.73. The molecule has 0 bridgehead atoms. The molecule has 0 aliphatic rings. The third-order valence-electron chi connectivity index (χ3n) is 11.9. The Balaban J connectivity index is 1.24. The van der Waals surface area contributed by atoms with Gasteiger partial charge in [0, 0.05) is 38.2 Å². The first kappa shape index (κ1) is 33.3. The average molecular weight is 754 g/mol. The number of fused-ring (bicyclic) bond motifs is 9. The molecule has 10 aromatic carbocycles. The summed E-state index contributed by atoms with van der Waals surface area (Å²) in [7, 11) is 0. The largest absolute Gasteiger partial charge is 0.456 e. The lowest BCUT2D eigenvalue weighted by atomic mass is 9.88. The second-order valence-corrected chi connectivity index (χ2v) is 15.1. The van der Waals surface area contributed by atoms with Gasteiger partial charge in [-0.3, -0.25) is 0 Å². The van der Waals surface area contributed by atoms with Gasteiger partial charge >= 0.3 is 0 Å². The minimum atomic E-state index is 0.837. The van der Waals surface area contributed by atoms with Gasteiger partial charge in [0.25, 0.3) is 0 Å². The van der Waals surface area contributed by atoms with Crippen LogP contribution >= 0.6 is 0 Å². The molecule has 0 atom stereocenters.